The second-order valence-electron chi connectivity index (χ2n) is 10.9. The molecule has 0 radical (unpaired) electrons. The van der Waals surface area contributed by atoms with Crippen LogP contribution in [0.4, 0.5) is 5.69 Å². The average molecular weight is 593 g/mol. The van der Waals surface area contributed by atoms with E-state index in [2.05, 4.69) is 19.9 Å². The zero-order valence-corrected chi connectivity index (χ0v) is 24.6. The van der Waals surface area contributed by atoms with Crippen LogP contribution in [0.1, 0.15) is 49.2 Å². The first kappa shape index (κ1) is 30.8. The maximum Gasteiger partial charge on any atom is 0.325 e. The molecule has 2 atom stereocenters. The molecule has 5 N–H and O–H groups in total. The number of aryl methyl sites for hydroxylation is 1. The summed E-state index contributed by atoms with van der Waals surface area (Å²) >= 11 is 0. The van der Waals surface area contributed by atoms with E-state index in [1.807, 2.05) is 32.2 Å². The number of aliphatic hydroxyl groups excluding tert-OH is 1. The van der Waals surface area contributed by atoms with Gasteiger partial charge in [0.1, 0.15) is 6.04 Å². The number of aliphatic hydroxyl groups is 1. The first-order valence-corrected chi connectivity index (χ1v) is 15.1. The van der Waals surface area contributed by atoms with Gasteiger partial charge in [0.05, 0.1) is 11.0 Å². The Labute approximate surface area is 245 Å². The molecule has 1 amide bonds. The summed E-state index contributed by atoms with van der Waals surface area (Å²) < 4.78 is 30.0. The highest BCUT2D eigenvalue weighted by Gasteiger charge is 2.21. The molecule has 42 heavy (non-hydrogen) atoms. The Balaban J connectivity index is 1.33. The van der Waals surface area contributed by atoms with Crippen molar-refractivity contribution in [2.45, 2.75) is 56.3 Å². The first-order chi connectivity index (χ1) is 19.8. The predicted molar refractivity (Wildman–Crippen MR) is 162 cm³/mol. The fourth-order valence-electron chi connectivity index (χ4n) is 4.48. The number of β-amino-alcohol motifs (C(OH)–C–C–N with tert-alkyl or cyclic N) is 1. The van der Waals surface area contributed by atoms with Gasteiger partial charge in [-0.05, 0) is 81.3 Å². The van der Waals surface area contributed by atoms with Gasteiger partial charge in [-0.15, -0.1) is 0 Å². The van der Waals surface area contributed by atoms with Crippen molar-refractivity contribution in [3.8, 4) is 0 Å². The molecule has 10 nitrogen and oxygen atoms in total. The Bertz CT molecular complexity index is 1670. The maximum absolute atomic E-state index is 12.7. The number of carbonyl (C=O) groups is 2. The van der Waals surface area contributed by atoms with Crippen LogP contribution in [0.3, 0.4) is 0 Å². The second-order valence-corrected chi connectivity index (χ2v) is 12.6. The number of rotatable bonds is 13. The van der Waals surface area contributed by atoms with Gasteiger partial charge in [0, 0.05) is 47.0 Å². The number of anilines is 1. The third kappa shape index (κ3) is 7.75. The molecule has 1 heterocycles. The minimum Gasteiger partial charge on any atom is -0.480 e. The van der Waals surface area contributed by atoms with Gasteiger partial charge in [0.2, 0.25) is 0 Å². The molecule has 0 aliphatic carbocycles. The lowest BCUT2D eigenvalue weighted by molar-refractivity contribution is -0.138. The summed E-state index contributed by atoms with van der Waals surface area (Å²) in [6.45, 7) is 6.45. The van der Waals surface area contributed by atoms with Crippen LogP contribution >= 0.6 is 0 Å². The molecule has 4 rings (SSSR count). The number of aliphatic carboxylic acids is 1. The van der Waals surface area contributed by atoms with E-state index in [1.165, 1.54) is 19.1 Å². The Morgan fingerprint density at radius 2 is 1.71 bits per heavy atom. The fraction of sp³-hybridized carbons (Fsp3) is 0.290. The largest absolute Gasteiger partial charge is 0.480 e. The smallest absolute Gasteiger partial charge is 0.325 e. The molecular formula is C31H36N4O6S. The molecule has 4 aromatic rings. The monoisotopic (exact) mass is 592 g/mol. The van der Waals surface area contributed by atoms with Crippen molar-refractivity contribution in [1.82, 2.24) is 15.2 Å². The first-order valence-electron chi connectivity index (χ1n) is 13.6. The number of benzene rings is 3. The molecule has 0 bridgehead atoms. The van der Waals surface area contributed by atoms with Crippen LogP contribution in [0.15, 0.2) is 90.0 Å². The minimum absolute atomic E-state index is 0.158. The van der Waals surface area contributed by atoms with Crippen LogP contribution in [-0.4, -0.2) is 53.2 Å². The molecule has 11 heteroatoms. The van der Waals surface area contributed by atoms with Crippen molar-refractivity contribution in [3.63, 3.8) is 0 Å². The van der Waals surface area contributed by atoms with Gasteiger partial charge in [-0.25, -0.2) is 8.42 Å². The van der Waals surface area contributed by atoms with Crippen molar-refractivity contribution in [3.05, 3.63) is 96.2 Å². The van der Waals surface area contributed by atoms with E-state index in [9.17, 15) is 23.1 Å². The molecule has 0 spiro atoms. The van der Waals surface area contributed by atoms with Crippen LogP contribution < -0.4 is 15.4 Å². The highest BCUT2D eigenvalue weighted by atomic mass is 32.2. The van der Waals surface area contributed by atoms with Gasteiger partial charge in [-0.1, -0.05) is 30.3 Å². The summed E-state index contributed by atoms with van der Waals surface area (Å²) in [5.74, 6) is -1.54. The molecule has 3 aromatic carbocycles. The van der Waals surface area contributed by atoms with Crippen molar-refractivity contribution in [2.24, 2.45) is 0 Å². The van der Waals surface area contributed by atoms with Gasteiger partial charge in [-0.2, -0.15) is 0 Å². The average Bonchev–Trinajstić information content (AvgIpc) is 3.37. The van der Waals surface area contributed by atoms with Crippen LogP contribution in [0.2, 0.25) is 0 Å². The maximum atomic E-state index is 12.7. The van der Waals surface area contributed by atoms with E-state index in [0.29, 0.717) is 23.4 Å². The van der Waals surface area contributed by atoms with E-state index in [-0.39, 0.29) is 17.0 Å². The number of amides is 1. The van der Waals surface area contributed by atoms with Crippen molar-refractivity contribution < 1.29 is 28.2 Å². The van der Waals surface area contributed by atoms with Gasteiger partial charge >= 0.3 is 5.97 Å². The number of fused-ring (bicyclic) bond motifs is 1. The minimum atomic E-state index is -3.74. The van der Waals surface area contributed by atoms with E-state index >= 15 is 0 Å². The van der Waals surface area contributed by atoms with E-state index in [4.69, 9.17) is 5.11 Å². The van der Waals surface area contributed by atoms with Crippen LogP contribution in [0.5, 0.6) is 0 Å². The number of carboxylic acid groups (broad SMARTS) is 1. The number of carboxylic acids is 1. The number of aromatic nitrogens is 1. The topological polar surface area (TPSA) is 150 Å². The molecule has 0 aliphatic rings. The number of sulfonamides is 1. The summed E-state index contributed by atoms with van der Waals surface area (Å²) in [6.07, 6.45) is 1.82. The number of hydrogen-bond donors (Lipinski definition) is 5. The number of nitrogens with zero attached hydrogens (tertiary/aromatic N) is 1. The van der Waals surface area contributed by atoms with Crippen LogP contribution in [-0.2, 0) is 21.4 Å². The summed E-state index contributed by atoms with van der Waals surface area (Å²) in [5, 5.41) is 26.6. The second kappa shape index (κ2) is 12.8. The summed E-state index contributed by atoms with van der Waals surface area (Å²) in [6, 6.07) is 21.0. The number of hydrogen-bond acceptors (Lipinski definition) is 6. The van der Waals surface area contributed by atoms with Gasteiger partial charge in [0.25, 0.3) is 15.9 Å². The quantitative estimate of drug-likeness (QED) is 0.157. The lowest BCUT2D eigenvalue weighted by atomic mass is 9.99. The standard InChI is InChI=1S/C31H36N4O6S/c1-21(30(38)39)33-29(37)24-12-13-27-22(18-24)14-16-35(27)17-15-31(2,3)32-20-28(36)23-8-7-9-25(19-23)34-42(40,41)26-10-5-4-6-11-26/h4-14,16,18-19,21,28,32,34,36H,15,17,20H2,1-3H3,(H,33,37)(H,38,39)/t21-,28-/m0/s1. The van der Waals surface area contributed by atoms with Gasteiger partial charge < -0.3 is 25.4 Å². The predicted octanol–water partition coefficient (Wildman–Crippen LogP) is 4.14. The third-order valence-corrected chi connectivity index (χ3v) is 8.48. The van der Waals surface area contributed by atoms with E-state index < -0.39 is 34.0 Å². The Kier molecular flexibility index (Phi) is 9.35. The summed E-state index contributed by atoms with van der Waals surface area (Å²) in [5.41, 5.74) is 1.95. The number of carbonyl (C=O) groups excluding carboxylic acids is 1. The third-order valence-electron chi connectivity index (χ3n) is 7.08. The normalized spacial score (nSPS) is 13.4. The van der Waals surface area contributed by atoms with E-state index in [0.717, 1.165) is 17.3 Å². The highest BCUT2D eigenvalue weighted by molar-refractivity contribution is 7.92. The number of nitrogens with one attached hydrogen (secondary N) is 3. The SMILES string of the molecule is C[C@H](NC(=O)c1ccc2c(ccn2CCC(C)(C)NC[C@H](O)c2cccc(NS(=O)(=O)c3ccccc3)c2)c1)C(=O)O. The lowest BCUT2D eigenvalue weighted by Gasteiger charge is -2.28. The molecule has 1 aromatic heterocycles. The summed E-state index contributed by atoms with van der Waals surface area (Å²) in [7, 11) is -3.74. The molecule has 0 saturated heterocycles. The highest BCUT2D eigenvalue weighted by Crippen LogP contribution is 2.23. The summed E-state index contributed by atoms with van der Waals surface area (Å²) in [4.78, 5) is 23.6. The Morgan fingerprint density at radius 3 is 2.43 bits per heavy atom. The van der Waals surface area contributed by atoms with Crippen LogP contribution in [0, 0.1) is 0 Å². The molecule has 222 valence electrons. The van der Waals surface area contributed by atoms with Crippen molar-refractivity contribution in [1.29, 1.82) is 0 Å². The van der Waals surface area contributed by atoms with Crippen LogP contribution in [0.25, 0.3) is 10.9 Å². The Morgan fingerprint density at radius 1 is 0.976 bits per heavy atom. The van der Waals surface area contributed by atoms with Crippen molar-refractivity contribution in [2.75, 3.05) is 11.3 Å². The molecular weight excluding hydrogens is 556 g/mol. The Hall–Kier alpha value is -4.19. The van der Waals surface area contributed by atoms with Gasteiger partial charge in [-0.3, -0.25) is 14.3 Å². The zero-order chi connectivity index (χ0) is 30.5. The van der Waals surface area contributed by atoms with E-state index in [1.54, 1.807) is 54.6 Å². The fourth-order valence-corrected chi connectivity index (χ4v) is 5.55. The zero-order valence-electron chi connectivity index (χ0n) is 23.7. The lowest BCUT2D eigenvalue weighted by Crippen LogP contribution is -2.42. The molecule has 0 unspecified atom stereocenters. The van der Waals surface area contributed by atoms with Gasteiger partial charge in [0.15, 0.2) is 0 Å². The molecule has 0 aliphatic heterocycles. The van der Waals surface area contributed by atoms with Crippen molar-refractivity contribution >= 4 is 38.5 Å². The molecule has 0 fully saturated rings. The molecule has 0 saturated carbocycles.